The minimum Gasteiger partial charge on any atom is -0.394 e. The predicted octanol–water partition coefficient (Wildman–Crippen LogP) is 1.71. The zero-order chi connectivity index (χ0) is 10.7. The molecule has 0 atom stereocenters. The molecule has 0 saturated heterocycles. The van der Waals surface area contributed by atoms with Gasteiger partial charge in [-0.1, -0.05) is 6.92 Å². The number of nitrogens with zero attached hydrogens (tertiary/aromatic N) is 1. The molecule has 2 N–H and O–H groups in total. The fourth-order valence-electron chi connectivity index (χ4n) is 1.86. The average molecular weight is 226 g/mol. The highest BCUT2D eigenvalue weighted by molar-refractivity contribution is 7.11. The number of hydrogen-bond acceptors (Lipinski definition) is 4. The Morgan fingerprint density at radius 2 is 2.40 bits per heavy atom. The van der Waals surface area contributed by atoms with E-state index in [1.807, 2.05) is 6.20 Å². The minimum absolute atomic E-state index is 0.0103. The van der Waals surface area contributed by atoms with Crippen LogP contribution in [0.25, 0.3) is 0 Å². The summed E-state index contributed by atoms with van der Waals surface area (Å²) in [4.78, 5) is 5.59. The van der Waals surface area contributed by atoms with E-state index in [0.717, 1.165) is 25.8 Å². The van der Waals surface area contributed by atoms with Crippen molar-refractivity contribution in [3.8, 4) is 0 Å². The lowest BCUT2D eigenvalue weighted by Crippen LogP contribution is -2.53. The molecule has 1 aliphatic rings. The highest BCUT2D eigenvalue weighted by Crippen LogP contribution is 2.31. The van der Waals surface area contributed by atoms with E-state index < -0.39 is 0 Å². The van der Waals surface area contributed by atoms with Crippen LogP contribution in [0.1, 0.15) is 36.1 Å². The average Bonchev–Trinajstić information content (AvgIpc) is 2.65. The lowest BCUT2D eigenvalue weighted by atomic mass is 9.77. The monoisotopic (exact) mass is 226 g/mol. The van der Waals surface area contributed by atoms with E-state index in [1.54, 1.807) is 11.3 Å². The molecule has 1 fully saturated rings. The third-order valence-corrected chi connectivity index (χ3v) is 4.30. The van der Waals surface area contributed by atoms with Crippen LogP contribution < -0.4 is 5.32 Å². The van der Waals surface area contributed by atoms with Crippen molar-refractivity contribution in [1.29, 1.82) is 0 Å². The second kappa shape index (κ2) is 4.60. The maximum atomic E-state index is 9.29. The van der Waals surface area contributed by atoms with Crippen molar-refractivity contribution in [3.05, 3.63) is 16.1 Å². The first-order valence-corrected chi connectivity index (χ1v) is 6.39. The topological polar surface area (TPSA) is 45.2 Å². The van der Waals surface area contributed by atoms with E-state index >= 15 is 0 Å². The lowest BCUT2D eigenvalue weighted by molar-refractivity contribution is 0.0875. The summed E-state index contributed by atoms with van der Waals surface area (Å²) in [5.41, 5.74) is 0.0103. The minimum atomic E-state index is 0.0103. The Kier molecular flexibility index (Phi) is 3.38. The van der Waals surface area contributed by atoms with Crippen LogP contribution in [0.2, 0.25) is 0 Å². The Balaban J connectivity index is 1.86. The molecular weight excluding hydrogens is 208 g/mol. The summed E-state index contributed by atoms with van der Waals surface area (Å²) in [5, 5.41) is 13.9. The van der Waals surface area contributed by atoms with Gasteiger partial charge in [0.15, 0.2) is 0 Å². The second-order valence-electron chi connectivity index (χ2n) is 4.22. The van der Waals surface area contributed by atoms with Gasteiger partial charge in [0.25, 0.3) is 0 Å². The zero-order valence-corrected chi connectivity index (χ0v) is 9.94. The lowest BCUT2D eigenvalue weighted by Gasteiger charge is -2.41. The molecule has 0 radical (unpaired) electrons. The summed E-state index contributed by atoms with van der Waals surface area (Å²) in [6.45, 7) is 3.22. The summed E-state index contributed by atoms with van der Waals surface area (Å²) in [7, 11) is 0. The number of aliphatic hydroxyl groups excluding tert-OH is 1. The van der Waals surface area contributed by atoms with E-state index in [9.17, 15) is 5.11 Å². The summed E-state index contributed by atoms with van der Waals surface area (Å²) < 4.78 is 0. The Bertz CT molecular complexity index is 315. The fourth-order valence-corrected chi connectivity index (χ4v) is 2.66. The molecule has 3 nitrogen and oxygen atoms in total. The van der Waals surface area contributed by atoms with Crippen LogP contribution in [0.5, 0.6) is 0 Å². The number of rotatable bonds is 5. The Hall–Kier alpha value is -0.450. The smallest absolute Gasteiger partial charge is 0.0925 e. The summed E-state index contributed by atoms with van der Waals surface area (Å²) in [6, 6.07) is 0. The number of aryl methyl sites for hydroxylation is 1. The Morgan fingerprint density at radius 3 is 2.87 bits per heavy atom. The van der Waals surface area contributed by atoms with Gasteiger partial charge in [-0.25, -0.2) is 4.98 Å². The van der Waals surface area contributed by atoms with E-state index in [0.29, 0.717) is 0 Å². The molecule has 1 saturated carbocycles. The van der Waals surface area contributed by atoms with Crippen molar-refractivity contribution >= 4 is 11.3 Å². The van der Waals surface area contributed by atoms with Gasteiger partial charge in [0.1, 0.15) is 0 Å². The zero-order valence-electron chi connectivity index (χ0n) is 9.12. The standard InChI is InChI=1S/C11H18N2OS/c1-2-10-12-6-9(15-10)7-13-11(8-14)4-3-5-11/h6,13-14H,2-5,7-8H2,1H3. The van der Waals surface area contributed by atoms with Crippen LogP contribution in [0.3, 0.4) is 0 Å². The van der Waals surface area contributed by atoms with Crippen LogP contribution in [0.4, 0.5) is 0 Å². The summed E-state index contributed by atoms with van der Waals surface area (Å²) in [6.07, 6.45) is 6.39. The normalized spacial score (nSPS) is 18.8. The van der Waals surface area contributed by atoms with E-state index in [2.05, 4.69) is 17.2 Å². The summed E-state index contributed by atoms with van der Waals surface area (Å²) >= 11 is 1.76. The number of hydrogen-bond donors (Lipinski definition) is 2. The van der Waals surface area contributed by atoms with Crippen LogP contribution >= 0.6 is 11.3 Å². The van der Waals surface area contributed by atoms with Crippen LogP contribution in [0.15, 0.2) is 6.20 Å². The van der Waals surface area contributed by atoms with Gasteiger partial charge in [0, 0.05) is 23.2 Å². The van der Waals surface area contributed by atoms with Gasteiger partial charge in [0.05, 0.1) is 11.6 Å². The largest absolute Gasteiger partial charge is 0.394 e. The van der Waals surface area contributed by atoms with Crippen molar-refractivity contribution in [2.45, 2.75) is 44.7 Å². The van der Waals surface area contributed by atoms with Crippen molar-refractivity contribution < 1.29 is 5.11 Å². The van der Waals surface area contributed by atoms with Gasteiger partial charge >= 0.3 is 0 Å². The van der Waals surface area contributed by atoms with Gasteiger partial charge in [-0.2, -0.15) is 0 Å². The van der Waals surface area contributed by atoms with Crippen molar-refractivity contribution in [3.63, 3.8) is 0 Å². The molecule has 84 valence electrons. The number of nitrogens with one attached hydrogen (secondary N) is 1. The number of thiazole rings is 1. The molecule has 0 spiro atoms. The molecule has 0 bridgehead atoms. The third-order valence-electron chi connectivity index (χ3n) is 3.15. The molecule has 15 heavy (non-hydrogen) atoms. The molecule has 1 aromatic heterocycles. The fraction of sp³-hybridized carbons (Fsp3) is 0.727. The second-order valence-corrected chi connectivity index (χ2v) is 5.42. The molecule has 1 aliphatic carbocycles. The maximum Gasteiger partial charge on any atom is 0.0925 e. The highest BCUT2D eigenvalue weighted by Gasteiger charge is 2.35. The highest BCUT2D eigenvalue weighted by atomic mass is 32.1. The Labute approximate surface area is 94.5 Å². The van der Waals surface area contributed by atoms with Gasteiger partial charge in [-0.3, -0.25) is 0 Å². The summed E-state index contributed by atoms with van der Waals surface area (Å²) in [5.74, 6) is 0. The third kappa shape index (κ3) is 2.38. The van der Waals surface area contributed by atoms with E-state index in [-0.39, 0.29) is 12.1 Å². The quantitative estimate of drug-likeness (QED) is 0.803. The first-order valence-electron chi connectivity index (χ1n) is 5.57. The van der Waals surface area contributed by atoms with Crippen LogP contribution in [-0.2, 0) is 13.0 Å². The first kappa shape index (κ1) is 11.0. The van der Waals surface area contributed by atoms with Crippen LogP contribution in [-0.4, -0.2) is 22.2 Å². The molecule has 1 aromatic rings. The van der Waals surface area contributed by atoms with Crippen molar-refractivity contribution in [1.82, 2.24) is 10.3 Å². The Morgan fingerprint density at radius 1 is 1.60 bits per heavy atom. The van der Waals surface area contributed by atoms with Crippen LogP contribution in [0, 0.1) is 0 Å². The molecule has 1 heterocycles. The molecule has 0 unspecified atom stereocenters. The van der Waals surface area contributed by atoms with E-state index in [1.165, 1.54) is 16.3 Å². The maximum absolute atomic E-state index is 9.29. The van der Waals surface area contributed by atoms with Gasteiger partial charge < -0.3 is 10.4 Å². The molecule has 0 aromatic carbocycles. The molecule has 0 amide bonds. The predicted molar refractivity (Wildman–Crippen MR) is 62.0 cm³/mol. The number of aromatic nitrogens is 1. The van der Waals surface area contributed by atoms with Gasteiger partial charge in [-0.15, -0.1) is 11.3 Å². The molecule has 4 heteroatoms. The van der Waals surface area contributed by atoms with E-state index in [4.69, 9.17) is 0 Å². The number of aliphatic hydroxyl groups is 1. The first-order chi connectivity index (χ1) is 7.28. The molecule has 2 rings (SSSR count). The van der Waals surface area contributed by atoms with Crippen molar-refractivity contribution in [2.24, 2.45) is 0 Å². The molecule has 0 aliphatic heterocycles. The van der Waals surface area contributed by atoms with Crippen molar-refractivity contribution in [2.75, 3.05) is 6.61 Å². The van der Waals surface area contributed by atoms with Gasteiger partial charge in [-0.05, 0) is 25.7 Å². The SMILES string of the molecule is CCc1ncc(CNC2(CO)CCC2)s1. The van der Waals surface area contributed by atoms with Gasteiger partial charge in [0.2, 0.25) is 0 Å². The molecular formula is C11H18N2OS.